The van der Waals surface area contributed by atoms with Crippen LogP contribution in [0.3, 0.4) is 0 Å². The Morgan fingerprint density at radius 3 is 2.62 bits per heavy atom. The van der Waals surface area contributed by atoms with Crippen molar-refractivity contribution in [1.82, 2.24) is 5.32 Å². The second-order valence-electron chi connectivity index (χ2n) is 2.59. The Morgan fingerprint density at radius 2 is 2.08 bits per heavy atom. The first-order valence-electron chi connectivity index (χ1n) is 4.12. The zero-order valence-corrected chi connectivity index (χ0v) is 8.14. The predicted molar refractivity (Wildman–Crippen MR) is 53.5 cm³/mol. The van der Waals surface area contributed by atoms with Crippen molar-refractivity contribution in [1.29, 1.82) is 0 Å². The fraction of sp³-hybridized carbons (Fsp3) is 0.200. The fourth-order valence-corrected chi connectivity index (χ4v) is 1.01. The lowest BCUT2D eigenvalue weighted by atomic mass is 10.2. The van der Waals surface area contributed by atoms with Crippen LogP contribution in [0.15, 0.2) is 24.3 Å². The normalized spacial score (nSPS) is 9.69. The number of hydrogen-bond acceptors (Lipinski definition) is 1. The van der Waals surface area contributed by atoms with Gasteiger partial charge < -0.3 is 5.32 Å². The zero-order chi connectivity index (χ0) is 9.68. The number of carbonyl (C=O) groups is 1. The molecule has 0 atom stereocenters. The summed E-state index contributed by atoms with van der Waals surface area (Å²) in [4.78, 5) is 11.3. The second-order valence-corrected chi connectivity index (χ2v) is 3.03. The van der Waals surface area contributed by atoms with Crippen LogP contribution in [0.2, 0.25) is 5.02 Å². The monoisotopic (exact) mass is 196 g/mol. The van der Waals surface area contributed by atoms with Gasteiger partial charge in [0.25, 0.3) is 5.91 Å². The van der Waals surface area contributed by atoms with Crippen LogP contribution in [-0.4, -0.2) is 5.91 Å². The molecule has 0 aliphatic rings. The van der Waals surface area contributed by atoms with Crippen molar-refractivity contribution in [3.05, 3.63) is 41.4 Å². The summed E-state index contributed by atoms with van der Waals surface area (Å²) in [6, 6.07) is 6.78. The molecule has 1 rings (SSSR count). The molecule has 69 valence electrons. The van der Waals surface area contributed by atoms with Gasteiger partial charge in [-0.2, -0.15) is 0 Å². The molecule has 0 aliphatic carbocycles. The van der Waals surface area contributed by atoms with Crippen LogP contribution in [0.25, 0.3) is 0 Å². The number of hydrogen-bond donors (Lipinski definition) is 1. The van der Waals surface area contributed by atoms with E-state index in [1.807, 2.05) is 6.92 Å². The van der Waals surface area contributed by atoms with Gasteiger partial charge >= 0.3 is 0 Å². The molecule has 0 saturated heterocycles. The van der Waals surface area contributed by atoms with E-state index in [1.165, 1.54) is 0 Å². The first-order chi connectivity index (χ1) is 6.24. The smallest absolute Gasteiger partial charge is 0.251 e. The van der Waals surface area contributed by atoms with Crippen LogP contribution in [0.5, 0.6) is 0 Å². The molecule has 1 radical (unpaired) electrons. The Kier molecular flexibility index (Phi) is 3.77. The van der Waals surface area contributed by atoms with Crippen molar-refractivity contribution < 1.29 is 4.79 Å². The molecule has 0 heterocycles. The summed E-state index contributed by atoms with van der Waals surface area (Å²) in [5.41, 5.74) is 0.620. The Balaban J connectivity index is 2.61. The predicted octanol–water partition coefficient (Wildman–Crippen LogP) is 2.64. The maximum atomic E-state index is 11.3. The van der Waals surface area contributed by atoms with Crippen LogP contribution in [0.1, 0.15) is 23.7 Å². The lowest BCUT2D eigenvalue weighted by Gasteiger charge is -2.02. The highest BCUT2D eigenvalue weighted by Crippen LogP contribution is 2.09. The van der Waals surface area contributed by atoms with Gasteiger partial charge in [0.2, 0.25) is 0 Å². The highest BCUT2D eigenvalue weighted by molar-refractivity contribution is 6.30. The largest absolute Gasteiger partial charge is 0.347 e. The minimum absolute atomic E-state index is 0.0986. The Labute approximate surface area is 82.9 Å². The summed E-state index contributed by atoms with van der Waals surface area (Å²) in [6.07, 6.45) is 0.819. The molecule has 1 N–H and O–H groups in total. The van der Waals surface area contributed by atoms with Crippen LogP contribution < -0.4 is 5.32 Å². The molecule has 0 spiro atoms. The minimum atomic E-state index is -0.0986. The second kappa shape index (κ2) is 4.87. The van der Waals surface area contributed by atoms with Crippen LogP contribution >= 0.6 is 11.6 Å². The first-order valence-corrected chi connectivity index (χ1v) is 4.50. The maximum Gasteiger partial charge on any atom is 0.251 e. The molecule has 13 heavy (non-hydrogen) atoms. The van der Waals surface area contributed by atoms with E-state index in [9.17, 15) is 4.79 Å². The van der Waals surface area contributed by atoms with E-state index in [-0.39, 0.29) is 5.91 Å². The fourth-order valence-electron chi connectivity index (χ4n) is 0.879. The summed E-state index contributed by atoms with van der Waals surface area (Å²) in [7, 11) is 0. The van der Waals surface area contributed by atoms with E-state index >= 15 is 0 Å². The number of amides is 1. The van der Waals surface area contributed by atoms with Gasteiger partial charge in [0.15, 0.2) is 0 Å². The average molecular weight is 197 g/mol. The van der Waals surface area contributed by atoms with Gasteiger partial charge in [-0.15, -0.1) is 0 Å². The molecule has 0 aromatic heterocycles. The molecule has 2 nitrogen and oxygen atoms in total. The number of nitrogens with one attached hydrogen (secondary N) is 1. The van der Waals surface area contributed by atoms with Gasteiger partial charge in [0.05, 0.1) is 0 Å². The highest BCUT2D eigenvalue weighted by Gasteiger charge is 2.02. The van der Waals surface area contributed by atoms with Gasteiger partial charge in [-0.25, -0.2) is 0 Å². The Morgan fingerprint density at radius 1 is 1.46 bits per heavy atom. The minimum Gasteiger partial charge on any atom is -0.347 e. The molecular formula is C10H11ClNO. The third-order valence-corrected chi connectivity index (χ3v) is 1.80. The van der Waals surface area contributed by atoms with Gasteiger partial charge in [-0.05, 0) is 30.7 Å². The van der Waals surface area contributed by atoms with E-state index in [4.69, 9.17) is 11.6 Å². The number of rotatable bonds is 3. The van der Waals surface area contributed by atoms with Crippen molar-refractivity contribution in [3.8, 4) is 0 Å². The number of halogens is 1. The lowest BCUT2D eigenvalue weighted by Crippen LogP contribution is -2.19. The topological polar surface area (TPSA) is 29.1 Å². The first kappa shape index (κ1) is 10.1. The Bertz CT molecular complexity index is 281. The summed E-state index contributed by atoms with van der Waals surface area (Å²) in [5.74, 6) is -0.0986. The highest BCUT2D eigenvalue weighted by atomic mass is 35.5. The van der Waals surface area contributed by atoms with Crippen LogP contribution in [0, 0.1) is 6.54 Å². The van der Waals surface area contributed by atoms with Gasteiger partial charge in [0, 0.05) is 17.1 Å². The molecule has 0 unspecified atom stereocenters. The number of benzene rings is 1. The molecule has 1 amide bonds. The van der Waals surface area contributed by atoms with E-state index in [0.29, 0.717) is 10.6 Å². The van der Waals surface area contributed by atoms with Crippen molar-refractivity contribution in [3.63, 3.8) is 0 Å². The molecule has 0 saturated carbocycles. The molecule has 0 bridgehead atoms. The standard InChI is InChI=1S/C10H11ClNO/c1-2-7-12-10(13)8-3-5-9(11)6-4-8/h3-7H,2H2,1H3,(H,12,13). The third-order valence-electron chi connectivity index (χ3n) is 1.54. The molecule has 0 aliphatic heterocycles. The Hall–Kier alpha value is -1.02. The van der Waals surface area contributed by atoms with Crippen molar-refractivity contribution in [2.75, 3.05) is 0 Å². The van der Waals surface area contributed by atoms with Crippen molar-refractivity contribution >= 4 is 17.5 Å². The quantitative estimate of drug-likeness (QED) is 0.791. The van der Waals surface area contributed by atoms with E-state index in [2.05, 4.69) is 5.32 Å². The zero-order valence-electron chi connectivity index (χ0n) is 7.38. The summed E-state index contributed by atoms with van der Waals surface area (Å²) in [5, 5.41) is 3.30. The van der Waals surface area contributed by atoms with E-state index in [0.717, 1.165) is 6.42 Å². The molecular weight excluding hydrogens is 186 g/mol. The van der Waals surface area contributed by atoms with Gasteiger partial charge in [-0.3, -0.25) is 4.79 Å². The van der Waals surface area contributed by atoms with E-state index in [1.54, 1.807) is 30.8 Å². The number of carbonyl (C=O) groups excluding carboxylic acids is 1. The average Bonchev–Trinajstić information content (AvgIpc) is 2.15. The van der Waals surface area contributed by atoms with Gasteiger partial charge in [-0.1, -0.05) is 18.5 Å². The summed E-state index contributed by atoms with van der Waals surface area (Å²) >= 11 is 5.68. The maximum absolute atomic E-state index is 11.3. The summed E-state index contributed by atoms with van der Waals surface area (Å²) in [6.45, 7) is 3.68. The van der Waals surface area contributed by atoms with E-state index < -0.39 is 0 Å². The molecule has 1 aromatic rings. The van der Waals surface area contributed by atoms with Gasteiger partial charge in [0.1, 0.15) is 0 Å². The molecule has 3 heteroatoms. The van der Waals surface area contributed by atoms with Crippen LogP contribution in [0.4, 0.5) is 0 Å². The van der Waals surface area contributed by atoms with Crippen molar-refractivity contribution in [2.45, 2.75) is 13.3 Å². The van der Waals surface area contributed by atoms with Crippen LogP contribution in [-0.2, 0) is 0 Å². The van der Waals surface area contributed by atoms with Crippen molar-refractivity contribution in [2.24, 2.45) is 0 Å². The third kappa shape index (κ3) is 3.07. The SMILES string of the molecule is CC[CH]NC(=O)c1ccc(Cl)cc1. The molecule has 1 aromatic carbocycles. The molecule has 0 fully saturated rings. The lowest BCUT2D eigenvalue weighted by molar-refractivity contribution is 0.0963. The summed E-state index contributed by atoms with van der Waals surface area (Å²) < 4.78 is 0.